The summed E-state index contributed by atoms with van der Waals surface area (Å²) in [5, 5.41) is 4.97. The van der Waals surface area contributed by atoms with Gasteiger partial charge in [-0.3, -0.25) is 43.4 Å². The van der Waals surface area contributed by atoms with Crippen molar-refractivity contribution in [2.24, 2.45) is 0 Å². The first kappa shape index (κ1) is 33.7. The van der Waals surface area contributed by atoms with Gasteiger partial charge in [0.25, 0.3) is 17.7 Å². The van der Waals surface area contributed by atoms with Crippen molar-refractivity contribution in [1.29, 1.82) is 0 Å². The molecule has 0 bridgehead atoms. The van der Waals surface area contributed by atoms with Crippen LogP contribution in [0.5, 0.6) is 0 Å². The van der Waals surface area contributed by atoms with Crippen molar-refractivity contribution in [3.8, 4) is 11.3 Å². The number of nitrogens with one attached hydrogen (secondary N) is 2. The summed E-state index contributed by atoms with van der Waals surface area (Å²) in [6.45, 7) is 0.489. The van der Waals surface area contributed by atoms with E-state index < -0.39 is 29.7 Å². The number of pyridine rings is 1. The van der Waals surface area contributed by atoms with E-state index in [9.17, 15) is 28.8 Å². The first-order valence-corrected chi connectivity index (χ1v) is 17.9. The van der Waals surface area contributed by atoms with Crippen LogP contribution in [0.2, 0.25) is 0 Å². The zero-order valence-corrected chi connectivity index (χ0v) is 28.8. The minimum absolute atomic E-state index is 0.0191. The highest BCUT2D eigenvalue weighted by Gasteiger charge is 2.46. The number of benzene rings is 2. The van der Waals surface area contributed by atoms with Crippen molar-refractivity contribution in [3.63, 3.8) is 0 Å². The van der Waals surface area contributed by atoms with Crippen LogP contribution in [0.15, 0.2) is 84.1 Å². The summed E-state index contributed by atoms with van der Waals surface area (Å²) in [4.78, 5) is 94.4. The normalized spacial score (nSPS) is 18.4. The fourth-order valence-electron chi connectivity index (χ4n) is 7.09. The van der Waals surface area contributed by atoms with E-state index in [4.69, 9.17) is 10.7 Å². The van der Waals surface area contributed by atoms with Crippen LogP contribution in [0.1, 0.15) is 68.6 Å². The lowest BCUT2D eigenvalue weighted by atomic mass is 10.0. The number of likely N-dealkylation sites (tertiary alicyclic amines) is 1. The van der Waals surface area contributed by atoms with Gasteiger partial charge in [0.1, 0.15) is 34.7 Å². The minimum Gasteiger partial charge on any atom is -0.382 e. The summed E-state index contributed by atoms with van der Waals surface area (Å²) in [6, 6.07) is 15.6. The van der Waals surface area contributed by atoms with Crippen molar-refractivity contribution < 1.29 is 28.8 Å². The van der Waals surface area contributed by atoms with Gasteiger partial charge in [-0.15, -0.1) is 11.8 Å². The van der Waals surface area contributed by atoms with E-state index in [2.05, 4.69) is 20.6 Å². The lowest BCUT2D eigenvalue weighted by Crippen LogP contribution is -2.54. The molecule has 2 saturated heterocycles. The summed E-state index contributed by atoms with van der Waals surface area (Å²) in [6.07, 6.45) is 6.38. The number of nitrogens with two attached hydrogens (primary N) is 1. The first-order valence-electron chi connectivity index (χ1n) is 16.9. The number of imidazole rings is 1. The number of rotatable bonds is 8. The molecular formula is C37H31N9O6S. The third kappa shape index (κ3) is 6.05. The van der Waals surface area contributed by atoms with Gasteiger partial charge in [0.15, 0.2) is 0 Å². The predicted octanol–water partition coefficient (Wildman–Crippen LogP) is 3.48. The van der Waals surface area contributed by atoms with E-state index in [0.29, 0.717) is 51.8 Å². The summed E-state index contributed by atoms with van der Waals surface area (Å²) >= 11 is 1.15. The zero-order chi connectivity index (χ0) is 36.8. The second-order valence-corrected chi connectivity index (χ2v) is 13.8. The molecule has 6 amide bonds. The van der Waals surface area contributed by atoms with Gasteiger partial charge in [0, 0.05) is 47.6 Å². The van der Waals surface area contributed by atoms with Crippen molar-refractivity contribution in [3.05, 3.63) is 102 Å². The Hall–Kier alpha value is -6.42. The van der Waals surface area contributed by atoms with Gasteiger partial charge in [0.2, 0.25) is 17.7 Å². The van der Waals surface area contributed by atoms with Gasteiger partial charge in [-0.2, -0.15) is 0 Å². The number of piperidine rings is 1. The molecular weight excluding hydrogens is 699 g/mol. The quantitative estimate of drug-likeness (QED) is 0.156. The molecule has 2 aromatic carbocycles. The van der Waals surface area contributed by atoms with E-state index in [1.165, 1.54) is 6.07 Å². The molecule has 5 aromatic rings. The Morgan fingerprint density at radius 1 is 0.925 bits per heavy atom. The van der Waals surface area contributed by atoms with E-state index in [1.54, 1.807) is 78.1 Å². The minimum atomic E-state index is -1.09. The largest absolute Gasteiger partial charge is 0.382 e. The van der Waals surface area contributed by atoms with Gasteiger partial charge in [-0.25, -0.2) is 15.0 Å². The number of amides is 6. The number of carbonyl (C=O) groups is 6. The number of anilines is 2. The number of hydrogen-bond donors (Lipinski definition) is 3. The van der Waals surface area contributed by atoms with Gasteiger partial charge in [-0.1, -0.05) is 24.3 Å². The smallest absolute Gasteiger partial charge is 0.263 e. The second kappa shape index (κ2) is 13.6. The third-order valence-electron chi connectivity index (χ3n) is 9.59. The van der Waals surface area contributed by atoms with E-state index in [1.807, 2.05) is 4.40 Å². The lowest BCUT2D eigenvalue weighted by molar-refractivity contribution is -0.136. The molecule has 4 N–H and O–H groups in total. The second-order valence-electron chi connectivity index (χ2n) is 12.8. The van der Waals surface area contributed by atoms with E-state index >= 15 is 0 Å². The number of hydrogen-bond acceptors (Lipinski definition) is 11. The Morgan fingerprint density at radius 2 is 1.75 bits per heavy atom. The topological polar surface area (TPSA) is 202 Å². The monoisotopic (exact) mass is 729 g/mol. The summed E-state index contributed by atoms with van der Waals surface area (Å²) in [5.74, 6) is -1.58. The summed E-state index contributed by atoms with van der Waals surface area (Å²) in [5.41, 5.74) is 8.96. The third-order valence-corrected chi connectivity index (χ3v) is 10.6. The number of nitrogen functional groups attached to an aromatic ring is 1. The molecule has 0 spiro atoms. The maximum atomic E-state index is 13.9. The van der Waals surface area contributed by atoms with Crippen LogP contribution in [0.3, 0.4) is 0 Å². The molecule has 0 saturated carbocycles. The first-order chi connectivity index (χ1) is 25.7. The average Bonchev–Trinajstić information content (AvgIpc) is 3.87. The molecule has 6 heterocycles. The van der Waals surface area contributed by atoms with Crippen LogP contribution >= 0.6 is 11.8 Å². The highest BCUT2D eigenvalue weighted by atomic mass is 32.2. The van der Waals surface area contributed by atoms with Crippen LogP contribution in [0.25, 0.3) is 16.8 Å². The van der Waals surface area contributed by atoms with Crippen LogP contribution in [-0.4, -0.2) is 82.9 Å². The summed E-state index contributed by atoms with van der Waals surface area (Å²) < 4.78 is 1.85. The molecule has 16 heteroatoms. The molecule has 0 radical (unpaired) electrons. The van der Waals surface area contributed by atoms with Crippen molar-refractivity contribution >= 4 is 64.4 Å². The number of carbonyl (C=O) groups excluding carboxylic acids is 6. The molecule has 0 aliphatic carbocycles. The zero-order valence-electron chi connectivity index (χ0n) is 28.0. The number of imide groups is 2. The highest BCUT2D eigenvalue weighted by Crippen LogP contribution is 2.38. The maximum absolute atomic E-state index is 13.9. The van der Waals surface area contributed by atoms with E-state index in [-0.39, 0.29) is 53.4 Å². The average molecular weight is 730 g/mol. The Morgan fingerprint density at radius 3 is 2.53 bits per heavy atom. The molecule has 53 heavy (non-hydrogen) atoms. The SMILES string of the molecule is Nc1nccn2c([C@@H]3CCCN3C(=O)CSc3cccc4c3C(=O)N(C3CCC(=O)NC3=O)C4=O)nc(-c3ccc(C(=O)Nc4ccccn4)cc3)c12. The Kier molecular flexibility index (Phi) is 8.66. The molecule has 3 aromatic heterocycles. The van der Waals surface area contributed by atoms with Crippen LogP contribution in [0.4, 0.5) is 11.6 Å². The molecule has 266 valence electrons. The van der Waals surface area contributed by atoms with Gasteiger partial charge < -0.3 is 16.0 Å². The maximum Gasteiger partial charge on any atom is 0.263 e. The number of fused-ring (bicyclic) bond motifs is 2. The van der Waals surface area contributed by atoms with Gasteiger partial charge in [-0.05, 0) is 55.7 Å². The Bertz CT molecular complexity index is 2350. The fraction of sp³-hybridized carbons (Fsp3) is 0.216. The van der Waals surface area contributed by atoms with Gasteiger partial charge in [0.05, 0.1) is 22.9 Å². The number of aromatic nitrogens is 4. The lowest BCUT2D eigenvalue weighted by Gasteiger charge is -2.27. The number of nitrogens with zero attached hydrogens (tertiary/aromatic N) is 6. The fourth-order valence-corrected chi connectivity index (χ4v) is 8.05. The van der Waals surface area contributed by atoms with Crippen molar-refractivity contribution in [1.82, 2.24) is 34.5 Å². The molecule has 2 atom stereocenters. The molecule has 8 rings (SSSR count). The molecule has 2 fully saturated rings. The molecule has 3 aliphatic heterocycles. The van der Waals surface area contributed by atoms with Crippen LogP contribution < -0.4 is 16.4 Å². The Balaban J connectivity index is 1.02. The van der Waals surface area contributed by atoms with Crippen molar-refractivity contribution in [2.75, 3.05) is 23.3 Å². The Labute approximate surface area is 306 Å². The van der Waals surface area contributed by atoms with Gasteiger partial charge >= 0.3 is 0 Å². The highest BCUT2D eigenvalue weighted by molar-refractivity contribution is 8.00. The molecule has 1 unspecified atom stereocenters. The molecule has 15 nitrogen and oxygen atoms in total. The summed E-state index contributed by atoms with van der Waals surface area (Å²) in [7, 11) is 0. The van der Waals surface area contributed by atoms with Crippen LogP contribution in [0, 0.1) is 0 Å². The number of thioether (sulfide) groups is 1. The van der Waals surface area contributed by atoms with Crippen molar-refractivity contribution in [2.45, 2.75) is 42.7 Å². The standard InChI is InChI=1S/C37H31N9O6S/c38-32-31-30(20-9-11-21(12-10-20)34(49)41-26-8-1-2-15-39-26)43-33(45(31)18-16-40-32)23-6-4-17-44(23)28(48)19-53-25-7-3-5-22-29(25)37(52)46(36(22)51)24-13-14-27(47)42-35(24)50/h1-3,5,7-12,15-16,18,23-24H,4,6,13-14,17,19H2,(H2,38,40)(H,39,41,49)(H,42,47,50)/t23-,24?/m0/s1. The predicted molar refractivity (Wildman–Crippen MR) is 193 cm³/mol. The van der Waals surface area contributed by atoms with Crippen LogP contribution in [-0.2, 0) is 14.4 Å². The van der Waals surface area contributed by atoms with E-state index in [0.717, 1.165) is 23.1 Å². The molecule has 3 aliphatic rings.